The summed E-state index contributed by atoms with van der Waals surface area (Å²) < 4.78 is 4.95. The molecule has 6 heteroatoms. The number of nitrogens with zero attached hydrogens (tertiary/aromatic N) is 2. The molecule has 2 unspecified atom stereocenters. The Morgan fingerprint density at radius 2 is 2.28 bits per heavy atom. The van der Waals surface area contributed by atoms with E-state index in [0.29, 0.717) is 30.7 Å². The Kier molecular flexibility index (Phi) is 4.30. The summed E-state index contributed by atoms with van der Waals surface area (Å²) in [5, 5.41) is 6.54. The van der Waals surface area contributed by atoms with E-state index < -0.39 is 0 Å². The Labute approximate surface area is 106 Å². The molecule has 6 nitrogen and oxygen atoms in total. The highest BCUT2D eigenvalue weighted by Gasteiger charge is 2.29. The van der Waals surface area contributed by atoms with Crippen molar-refractivity contribution in [2.45, 2.75) is 39.2 Å². The van der Waals surface area contributed by atoms with Gasteiger partial charge in [0.25, 0.3) is 0 Å². The van der Waals surface area contributed by atoms with Gasteiger partial charge in [0.15, 0.2) is 5.82 Å². The van der Waals surface area contributed by atoms with Crippen LogP contribution in [0.25, 0.3) is 0 Å². The fraction of sp³-hybridized carbons (Fsp3) is 0.750. The van der Waals surface area contributed by atoms with Crippen LogP contribution >= 0.6 is 0 Å². The largest absolute Gasteiger partial charge is 0.347 e. The molecule has 1 aliphatic rings. The molecule has 1 aliphatic carbocycles. The molecule has 1 aromatic rings. The van der Waals surface area contributed by atoms with E-state index in [-0.39, 0.29) is 11.8 Å². The Bertz CT molecular complexity index is 405. The molecule has 2 atom stereocenters. The number of hydrogen-bond donors (Lipinski definition) is 2. The molecule has 18 heavy (non-hydrogen) atoms. The first-order chi connectivity index (χ1) is 8.70. The summed E-state index contributed by atoms with van der Waals surface area (Å²) in [7, 11) is 0. The van der Waals surface area contributed by atoms with Crippen LogP contribution in [0, 0.1) is 18.8 Å². The zero-order chi connectivity index (χ0) is 13.0. The van der Waals surface area contributed by atoms with Gasteiger partial charge in [0.05, 0.1) is 6.54 Å². The fourth-order valence-corrected chi connectivity index (χ4v) is 2.54. The molecular weight excluding hydrogens is 232 g/mol. The van der Waals surface area contributed by atoms with Gasteiger partial charge in [-0.2, -0.15) is 4.98 Å². The number of amides is 1. The minimum absolute atomic E-state index is 0.0350. The van der Waals surface area contributed by atoms with Crippen molar-refractivity contribution in [1.29, 1.82) is 0 Å². The molecule has 0 bridgehead atoms. The first kappa shape index (κ1) is 13.0. The molecule has 1 saturated carbocycles. The maximum Gasteiger partial charge on any atom is 0.246 e. The minimum atomic E-state index is 0.0350. The smallest absolute Gasteiger partial charge is 0.246 e. The number of aryl methyl sites for hydroxylation is 1. The zero-order valence-corrected chi connectivity index (χ0v) is 10.7. The van der Waals surface area contributed by atoms with E-state index in [4.69, 9.17) is 10.3 Å². The fourth-order valence-electron chi connectivity index (χ4n) is 2.54. The van der Waals surface area contributed by atoms with Crippen molar-refractivity contribution in [3.63, 3.8) is 0 Å². The van der Waals surface area contributed by atoms with Crippen LogP contribution in [-0.4, -0.2) is 22.6 Å². The summed E-state index contributed by atoms with van der Waals surface area (Å²) in [5.74, 6) is 1.43. The third kappa shape index (κ3) is 3.07. The Balaban J connectivity index is 1.86. The van der Waals surface area contributed by atoms with Gasteiger partial charge in [0.2, 0.25) is 11.8 Å². The summed E-state index contributed by atoms with van der Waals surface area (Å²) in [6.07, 6.45) is 4.26. The van der Waals surface area contributed by atoms with Crippen molar-refractivity contribution in [3.8, 4) is 0 Å². The van der Waals surface area contributed by atoms with Crippen LogP contribution in [0.15, 0.2) is 4.52 Å². The van der Waals surface area contributed by atoms with E-state index in [9.17, 15) is 4.79 Å². The van der Waals surface area contributed by atoms with Gasteiger partial charge < -0.3 is 15.6 Å². The number of aromatic nitrogens is 2. The number of nitrogens with one attached hydrogen (secondary N) is 1. The Morgan fingerprint density at radius 1 is 1.50 bits per heavy atom. The average molecular weight is 252 g/mol. The second-order valence-electron chi connectivity index (χ2n) is 4.84. The summed E-state index contributed by atoms with van der Waals surface area (Å²) in [6, 6.07) is 0. The number of nitrogens with two attached hydrogens (primary N) is 1. The molecule has 3 N–H and O–H groups in total. The zero-order valence-electron chi connectivity index (χ0n) is 10.7. The van der Waals surface area contributed by atoms with Gasteiger partial charge in [0.1, 0.15) is 0 Å². The van der Waals surface area contributed by atoms with Crippen LogP contribution in [0.3, 0.4) is 0 Å². The van der Waals surface area contributed by atoms with E-state index in [0.717, 1.165) is 19.3 Å². The SMILES string of the molecule is Cc1noc(CNC(=O)C2CCCCC2CN)n1. The topological polar surface area (TPSA) is 94.0 Å². The molecule has 1 amide bonds. The molecular formula is C12H20N4O2. The van der Waals surface area contributed by atoms with Crippen molar-refractivity contribution in [1.82, 2.24) is 15.5 Å². The van der Waals surface area contributed by atoms with Gasteiger partial charge in [-0.15, -0.1) is 0 Å². The van der Waals surface area contributed by atoms with Gasteiger partial charge >= 0.3 is 0 Å². The van der Waals surface area contributed by atoms with Crippen LogP contribution < -0.4 is 11.1 Å². The van der Waals surface area contributed by atoms with Gasteiger partial charge in [0, 0.05) is 5.92 Å². The van der Waals surface area contributed by atoms with E-state index >= 15 is 0 Å². The lowest BCUT2D eigenvalue weighted by molar-refractivity contribution is -0.127. The number of rotatable bonds is 4. The van der Waals surface area contributed by atoms with Crippen LogP contribution in [-0.2, 0) is 11.3 Å². The molecule has 0 aromatic carbocycles. The number of hydrogen-bond acceptors (Lipinski definition) is 5. The van der Waals surface area contributed by atoms with Crippen molar-refractivity contribution in [2.75, 3.05) is 6.54 Å². The molecule has 100 valence electrons. The lowest BCUT2D eigenvalue weighted by Gasteiger charge is -2.29. The highest BCUT2D eigenvalue weighted by Crippen LogP contribution is 2.29. The van der Waals surface area contributed by atoms with Crippen LogP contribution in [0.2, 0.25) is 0 Å². The van der Waals surface area contributed by atoms with Crippen molar-refractivity contribution in [3.05, 3.63) is 11.7 Å². The predicted octanol–water partition coefficient (Wildman–Crippen LogP) is 0.759. The van der Waals surface area contributed by atoms with Crippen LogP contribution in [0.4, 0.5) is 0 Å². The van der Waals surface area contributed by atoms with Crippen LogP contribution in [0.1, 0.15) is 37.4 Å². The molecule has 2 rings (SSSR count). The van der Waals surface area contributed by atoms with Crippen molar-refractivity contribution >= 4 is 5.91 Å². The van der Waals surface area contributed by atoms with E-state index in [1.807, 2.05) is 0 Å². The maximum absolute atomic E-state index is 12.1. The number of carbonyl (C=O) groups excluding carboxylic acids is 1. The third-order valence-electron chi connectivity index (χ3n) is 3.53. The van der Waals surface area contributed by atoms with Crippen molar-refractivity contribution < 1.29 is 9.32 Å². The number of carbonyl (C=O) groups is 1. The quantitative estimate of drug-likeness (QED) is 0.825. The summed E-state index contributed by atoms with van der Waals surface area (Å²) in [5.41, 5.74) is 5.72. The van der Waals surface area contributed by atoms with Crippen molar-refractivity contribution in [2.24, 2.45) is 17.6 Å². The lowest BCUT2D eigenvalue weighted by atomic mass is 9.79. The highest BCUT2D eigenvalue weighted by atomic mass is 16.5. The predicted molar refractivity (Wildman–Crippen MR) is 65.4 cm³/mol. The molecule has 0 aliphatic heterocycles. The van der Waals surface area contributed by atoms with Gasteiger partial charge in [-0.1, -0.05) is 18.0 Å². The summed E-state index contributed by atoms with van der Waals surface area (Å²) >= 11 is 0. The normalized spacial score (nSPS) is 23.9. The first-order valence-electron chi connectivity index (χ1n) is 6.47. The monoisotopic (exact) mass is 252 g/mol. The van der Waals surface area contributed by atoms with Gasteiger partial charge in [-0.3, -0.25) is 4.79 Å². The molecule has 1 heterocycles. The van der Waals surface area contributed by atoms with E-state index in [1.165, 1.54) is 6.42 Å². The summed E-state index contributed by atoms with van der Waals surface area (Å²) in [4.78, 5) is 16.1. The first-order valence-corrected chi connectivity index (χ1v) is 6.47. The van der Waals surface area contributed by atoms with Gasteiger partial charge in [-0.25, -0.2) is 0 Å². The highest BCUT2D eigenvalue weighted by molar-refractivity contribution is 5.78. The average Bonchev–Trinajstić information content (AvgIpc) is 2.81. The Morgan fingerprint density at radius 3 is 2.94 bits per heavy atom. The molecule has 1 fully saturated rings. The lowest BCUT2D eigenvalue weighted by Crippen LogP contribution is -2.39. The standard InChI is InChI=1S/C12H20N4O2/c1-8-15-11(18-16-8)7-14-12(17)10-5-3-2-4-9(10)6-13/h9-10H,2-7,13H2,1H3,(H,14,17). The molecule has 1 aromatic heterocycles. The van der Waals surface area contributed by atoms with E-state index in [1.54, 1.807) is 6.92 Å². The molecule has 0 spiro atoms. The van der Waals surface area contributed by atoms with Crippen LogP contribution in [0.5, 0.6) is 0 Å². The Hall–Kier alpha value is -1.43. The third-order valence-corrected chi connectivity index (χ3v) is 3.53. The second kappa shape index (κ2) is 5.95. The minimum Gasteiger partial charge on any atom is -0.347 e. The second-order valence-corrected chi connectivity index (χ2v) is 4.84. The maximum atomic E-state index is 12.1. The molecule has 0 radical (unpaired) electrons. The summed E-state index contributed by atoms with van der Waals surface area (Å²) in [6.45, 7) is 2.63. The van der Waals surface area contributed by atoms with Gasteiger partial charge in [-0.05, 0) is 32.2 Å². The molecule has 0 saturated heterocycles. The van der Waals surface area contributed by atoms with E-state index in [2.05, 4.69) is 15.5 Å².